The second kappa shape index (κ2) is 10.4. The number of hydrogen-bond acceptors (Lipinski definition) is 5. The number of ketones is 1. The van der Waals surface area contributed by atoms with Crippen molar-refractivity contribution in [1.29, 1.82) is 0 Å². The minimum absolute atomic E-state index is 0.0367. The Labute approximate surface area is 202 Å². The lowest BCUT2D eigenvalue weighted by Crippen LogP contribution is -2.31. The number of aliphatic hydroxyl groups is 1. The summed E-state index contributed by atoms with van der Waals surface area (Å²) in [4.78, 5) is 31.7. The van der Waals surface area contributed by atoms with E-state index in [-0.39, 0.29) is 11.3 Å². The van der Waals surface area contributed by atoms with E-state index in [1.807, 2.05) is 10.8 Å². The van der Waals surface area contributed by atoms with E-state index in [0.29, 0.717) is 48.0 Å². The molecule has 1 amide bonds. The molecule has 0 unspecified atom stereocenters. The molecule has 0 saturated carbocycles. The maximum atomic E-state index is 13.1. The van der Waals surface area contributed by atoms with Gasteiger partial charge in [0.05, 0.1) is 17.9 Å². The summed E-state index contributed by atoms with van der Waals surface area (Å²) in [5.41, 5.74) is 1.10. The number of nitrogens with zero attached hydrogens (tertiary/aromatic N) is 3. The molecular weight excluding hydrogens is 454 g/mol. The molecule has 4 rings (SSSR count). The van der Waals surface area contributed by atoms with E-state index in [2.05, 4.69) is 11.6 Å². The highest BCUT2D eigenvalue weighted by Gasteiger charge is 2.45. The molecule has 34 heavy (non-hydrogen) atoms. The smallest absolute Gasteiger partial charge is 0.295 e. The van der Waals surface area contributed by atoms with E-state index in [0.717, 1.165) is 0 Å². The van der Waals surface area contributed by atoms with Crippen LogP contribution in [0, 0.1) is 0 Å². The molecule has 3 aromatic rings. The Morgan fingerprint density at radius 1 is 1.18 bits per heavy atom. The lowest BCUT2D eigenvalue weighted by molar-refractivity contribution is -0.139. The molecule has 2 aromatic carbocycles. The Kier molecular flexibility index (Phi) is 7.13. The van der Waals surface area contributed by atoms with Gasteiger partial charge < -0.3 is 19.3 Å². The van der Waals surface area contributed by atoms with Crippen molar-refractivity contribution >= 4 is 29.1 Å². The van der Waals surface area contributed by atoms with Crippen molar-refractivity contribution in [3.63, 3.8) is 0 Å². The van der Waals surface area contributed by atoms with Crippen molar-refractivity contribution in [3.05, 3.63) is 102 Å². The van der Waals surface area contributed by atoms with Gasteiger partial charge in [0.1, 0.15) is 18.1 Å². The molecule has 0 spiro atoms. The molecule has 1 saturated heterocycles. The predicted octanol–water partition coefficient (Wildman–Crippen LogP) is 4.61. The molecule has 1 atom stereocenters. The second-order valence-corrected chi connectivity index (χ2v) is 8.26. The zero-order valence-electron chi connectivity index (χ0n) is 18.4. The number of aromatic nitrogens is 2. The summed E-state index contributed by atoms with van der Waals surface area (Å²) in [7, 11) is 0. The zero-order chi connectivity index (χ0) is 24.1. The highest BCUT2D eigenvalue weighted by atomic mass is 35.5. The van der Waals surface area contributed by atoms with Crippen LogP contribution in [0.4, 0.5) is 0 Å². The van der Waals surface area contributed by atoms with Crippen LogP contribution in [0.15, 0.2) is 85.5 Å². The normalized spacial score (nSPS) is 17.2. The van der Waals surface area contributed by atoms with Crippen LogP contribution in [-0.2, 0) is 16.1 Å². The Balaban J connectivity index is 1.69. The third-order valence-corrected chi connectivity index (χ3v) is 5.81. The molecule has 0 bridgehead atoms. The van der Waals surface area contributed by atoms with E-state index in [4.69, 9.17) is 16.3 Å². The number of rotatable bonds is 9. The van der Waals surface area contributed by atoms with Crippen molar-refractivity contribution in [2.45, 2.75) is 19.0 Å². The standard InChI is InChI=1S/C26H24ClN3O4/c1-2-15-34-21-9-7-18(8-10-21)24(31)22-23(19-5-3-6-20(27)16-19)30(26(33)25(22)32)13-4-12-29-14-11-28-17-29/h2-3,5-11,14,16-17,23,31H,1,4,12-13,15H2/t23-/m0/s1. The SMILES string of the molecule is C=CCOc1ccc(C(O)=C2C(=O)C(=O)N(CCCn3ccnc3)[C@H]2c2cccc(Cl)c2)cc1. The lowest BCUT2D eigenvalue weighted by Gasteiger charge is -2.25. The van der Waals surface area contributed by atoms with Crippen LogP contribution in [0.2, 0.25) is 5.02 Å². The Morgan fingerprint density at radius 3 is 2.65 bits per heavy atom. The summed E-state index contributed by atoms with van der Waals surface area (Å²) < 4.78 is 7.39. The number of aliphatic hydroxyl groups excluding tert-OH is 1. The fraction of sp³-hybridized carbons (Fsp3) is 0.192. The summed E-state index contributed by atoms with van der Waals surface area (Å²) in [5, 5.41) is 11.6. The van der Waals surface area contributed by atoms with Crippen LogP contribution in [0.25, 0.3) is 5.76 Å². The highest BCUT2D eigenvalue weighted by molar-refractivity contribution is 6.46. The first kappa shape index (κ1) is 23.3. The van der Waals surface area contributed by atoms with Crippen molar-refractivity contribution in [3.8, 4) is 5.75 Å². The van der Waals surface area contributed by atoms with Gasteiger partial charge in [0.15, 0.2) is 0 Å². The van der Waals surface area contributed by atoms with Crippen LogP contribution in [0.1, 0.15) is 23.6 Å². The van der Waals surface area contributed by atoms with Gasteiger partial charge in [-0.1, -0.05) is 36.4 Å². The van der Waals surface area contributed by atoms with Gasteiger partial charge in [0, 0.05) is 36.1 Å². The Bertz CT molecular complexity index is 1220. The van der Waals surface area contributed by atoms with Gasteiger partial charge in [-0.3, -0.25) is 9.59 Å². The van der Waals surface area contributed by atoms with Gasteiger partial charge in [-0.25, -0.2) is 4.98 Å². The van der Waals surface area contributed by atoms with Gasteiger partial charge in [-0.2, -0.15) is 0 Å². The molecule has 7 nitrogen and oxygen atoms in total. The maximum absolute atomic E-state index is 13.1. The molecule has 8 heteroatoms. The van der Waals surface area contributed by atoms with E-state index in [9.17, 15) is 14.7 Å². The fourth-order valence-corrected chi connectivity index (χ4v) is 4.19. The number of imidazole rings is 1. The van der Waals surface area contributed by atoms with Gasteiger partial charge in [0.25, 0.3) is 11.7 Å². The fourth-order valence-electron chi connectivity index (χ4n) is 4.00. The van der Waals surface area contributed by atoms with Gasteiger partial charge in [0.2, 0.25) is 0 Å². The molecule has 1 N–H and O–H groups in total. The number of benzene rings is 2. The quantitative estimate of drug-likeness (QED) is 0.210. The zero-order valence-corrected chi connectivity index (χ0v) is 19.2. The molecule has 1 aliphatic rings. The van der Waals surface area contributed by atoms with Gasteiger partial charge in [-0.15, -0.1) is 0 Å². The number of amides is 1. The monoisotopic (exact) mass is 477 g/mol. The molecule has 1 fully saturated rings. The number of carbonyl (C=O) groups excluding carboxylic acids is 2. The number of likely N-dealkylation sites (tertiary alicyclic amines) is 1. The largest absolute Gasteiger partial charge is 0.507 e. The third-order valence-electron chi connectivity index (χ3n) is 5.57. The molecule has 174 valence electrons. The van der Waals surface area contributed by atoms with Crippen molar-refractivity contribution in [2.75, 3.05) is 13.2 Å². The first-order chi connectivity index (χ1) is 16.5. The predicted molar refractivity (Wildman–Crippen MR) is 129 cm³/mol. The van der Waals surface area contributed by atoms with Crippen molar-refractivity contribution < 1.29 is 19.4 Å². The Morgan fingerprint density at radius 2 is 1.97 bits per heavy atom. The minimum atomic E-state index is -0.752. The van der Waals surface area contributed by atoms with Crippen LogP contribution < -0.4 is 4.74 Å². The number of hydrogen-bond donors (Lipinski definition) is 1. The van der Waals surface area contributed by atoms with Gasteiger partial charge in [-0.05, 0) is 48.4 Å². The van der Waals surface area contributed by atoms with Crippen LogP contribution >= 0.6 is 11.6 Å². The van der Waals surface area contributed by atoms with Crippen LogP contribution in [0.3, 0.4) is 0 Å². The third kappa shape index (κ3) is 4.89. The van der Waals surface area contributed by atoms with E-state index < -0.39 is 17.7 Å². The summed E-state index contributed by atoms with van der Waals surface area (Å²) in [5.74, 6) is -1.02. The van der Waals surface area contributed by atoms with Crippen molar-refractivity contribution in [1.82, 2.24) is 14.5 Å². The topological polar surface area (TPSA) is 84.7 Å². The minimum Gasteiger partial charge on any atom is -0.507 e. The number of ether oxygens (including phenoxy) is 1. The maximum Gasteiger partial charge on any atom is 0.295 e. The molecule has 2 heterocycles. The summed E-state index contributed by atoms with van der Waals surface area (Å²) in [6, 6.07) is 12.9. The summed E-state index contributed by atoms with van der Waals surface area (Å²) in [6.45, 7) is 4.93. The number of halogens is 1. The molecule has 1 aliphatic heterocycles. The molecule has 0 aliphatic carbocycles. The number of Topliss-reactive ketones (excluding diaryl/α,β-unsaturated/α-hetero) is 1. The van der Waals surface area contributed by atoms with Crippen LogP contribution in [0.5, 0.6) is 5.75 Å². The molecule has 0 radical (unpaired) electrons. The first-order valence-electron chi connectivity index (χ1n) is 10.8. The van der Waals surface area contributed by atoms with Gasteiger partial charge >= 0.3 is 0 Å². The summed E-state index contributed by atoms with van der Waals surface area (Å²) >= 11 is 6.22. The van der Waals surface area contributed by atoms with Crippen molar-refractivity contribution in [2.24, 2.45) is 0 Å². The molecule has 1 aromatic heterocycles. The first-order valence-corrected chi connectivity index (χ1v) is 11.2. The average Bonchev–Trinajstić information content (AvgIpc) is 3.45. The van der Waals surface area contributed by atoms with E-state index in [1.54, 1.807) is 67.1 Å². The van der Waals surface area contributed by atoms with E-state index in [1.165, 1.54) is 4.90 Å². The van der Waals surface area contributed by atoms with E-state index >= 15 is 0 Å². The number of carbonyl (C=O) groups is 2. The summed E-state index contributed by atoms with van der Waals surface area (Å²) in [6.07, 6.45) is 7.46. The molecular formula is C26H24ClN3O4. The Hall–Kier alpha value is -3.84. The average molecular weight is 478 g/mol. The van der Waals surface area contributed by atoms with Crippen LogP contribution in [-0.4, -0.2) is 44.4 Å². The second-order valence-electron chi connectivity index (χ2n) is 7.83. The number of aryl methyl sites for hydroxylation is 1. The highest BCUT2D eigenvalue weighted by Crippen LogP contribution is 2.40. The lowest BCUT2D eigenvalue weighted by atomic mass is 9.95.